The van der Waals surface area contributed by atoms with Crippen LogP contribution in [0.5, 0.6) is 0 Å². The van der Waals surface area contributed by atoms with Crippen LogP contribution in [0, 0.1) is 0 Å². The summed E-state index contributed by atoms with van der Waals surface area (Å²) < 4.78 is 0. The van der Waals surface area contributed by atoms with E-state index in [0.717, 1.165) is 11.3 Å². The summed E-state index contributed by atoms with van der Waals surface area (Å²) in [4.78, 5) is 39.1. The molecular weight excluding hydrogens is 318 g/mol. The summed E-state index contributed by atoms with van der Waals surface area (Å²) in [5.74, 6) is -0.786. The molecule has 2 aromatic carbocycles. The Kier molecular flexibility index (Phi) is 4.79. The van der Waals surface area contributed by atoms with Crippen molar-refractivity contribution in [2.75, 3.05) is 23.3 Å². The van der Waals surface area contributed by atoms with E-state index in [4.69, 9.17) is 0 Å². The fourth-order valence-corrected chi connectivity index (χ4v) is 2.67. The minimum Gasteiger partial charge on any atom is -0.325 e. The predicted molar refractivity (Wildman–Crippen MR) is 95.3 cm³/mol. The number of nitrogens with one attached hydrogen (secondary N) is 1. The molecule has 0 radical (unpaired) electrons. The molecule has 1 fully saturated rings. The van der Waals surface area contributed by atoms with Gasteiger partial charge >= 0.3 is 6.03 Å². The summed E-state index contributed by atoms with van der Waals surface area (Å²) >= 11 is 0. The van der Waals surface area contributed by atoms with E-state index in [2.05, 4.69) is 12.2 Å². The van der Waals surface area contributed by atoms with Crippen molar-refractivity contribution in [1.82, 2.24) is 4.90 Å². The summed E-state index contributed by atoms with van der Waals surface area (Å²) in [5.41, 5.74) is 2.45. The third-order valence-corrected chi connectivity index (χ3v) is 4.07. The van der Waals surface area contributed by atoms with Gasteiger partial charge in [0.25, 0.3) is 5.91 Å². The fourth-order valence-electron chi connectivity index (χ4n) is 2.67. The first-order valence-electron chi connectivity index (χ1n) is 8.14. The lowest BCUT2D eigenvalue weighted by Gasteiger charge is -2.17. The average Bonchev–Trinajstić information content (AvgIpc) is 2.91. The molecule has 0 aliphatic carbocycles. The monoisotopic (exact) mass is 337 g/mol. The van der Waals surface area contributed by atoms with Crippen molar-refractivity contribution in [1.29, 1.82) is 0 Å². The zero-order chi connectivity index (χ0) is 17.8. The highest BCUT2D eigenvalue weighted by Gasteiger charge is 2.37. The number of carbonyl (C=O) groups is 3. The molecule has 0 saturated carbocycles. The molecule has 1 aliphatic heterocycles. The highest BCUT2D eigenvalue weighted by atomic mass is 16.2. The van der Waals surface area contributed by atoms with Gasteiger partial charge in [-0.15, -0.1) is 0 Å². The second kappa shape index (κ2) is 7.17. The van der Waals surface area contributed by atoms with Crippen LogP contribution in [0.25, 0.3) is 0 Å². The highest BCUT2D eigenvalue weighted by Crippen LogP contribution is 2.20. The molecule has 1 N–H and O–H groups in total. The van der Waals surface area contributed by atoms with Gasteiger partial charge in [0.15, 0.2) is 0 Å². The number of hydrogen-bond donors (Lipinski definition) is 1. The maximum Gasteiger partial charge on any atom is 0.332 e. The minimum absolute atomic E-state index is 0.0542. The Bertz CT molecular complexity index is 787. The zero-order valence-corrected chi connectivity index (χ0v) is 13.9. The van der Waals surface area contributed by atoms with E-state index in [0.29, 0.717) is 11.4 Å². The Labute approximate surface area is 146 Å². The summed E-state index contributed by atoms with van der Waals surface area (Å²) in [6, 6.07) is 15.9. The molecule has 4 amide bonds. The number of imide groups is 1. The SMILES string of the molecule is CCc1ccc(NC(=O)CN2C(=O)CN(c3ccccc3)C2=O)cc1. The van der Waals surface area contributed by atoms with Gasteiger partial charge in [-0.25, -0.2) is 4.79 Å². The topological polar surface area (TPSA) is 69.7 Å². The van der Waals surface area contributed by atoms with Crippen LogP contribution in [-0.4, -0.2) is 35.8 Å². The third-order valence-electron chi connectivity index (χ3n) is 4.07. The second-order valence-corrected chi connectivity index (χ2v) is 5.78. The van der Waals surface area contributed by atoms with E-state index >= 15 is 0 Å². The van der Waals surface area contributed by atoms with E-state index in [1.54, 1.807) is 36.4 Å². The van der Waals surface area contributed by atoms with Crippen LogP contribution >= 0.6 is 0 Å². The van der Waals surface area contributed by atoms with Crippen molar-refractivity contribution in [2.45, 2.75) is 13.3 Å². The first-order chi connectivity index (χ1) is 12.1. The van der Waals surface area contributed by atoms with Gasteiger partial charge in [-0.1, -0.05) is 37.3 Å². The molecule has 0 bridgehead atoms. The number of aryl methyl sites for hydroxylation is 1. The average molecular weight is 337 g/mol. The van der Waals surface area contributed by atoms with Crippen molar-refractivity contribution in [3.05, 3.63) is 60.2 Å². The molecule has 1 aliphatic rings. The highest BCUT2D eigenvalue weighted by molar-refractivity contribution is 6.14. The molecule has 1 saturated heterocycles. The third kappa shape index (κ3) is 3.68. The smallest absolute Gasteiger partial charge is 0.325 e. The maximum atomic E-state index is 12.4. The number of anilines is 2. The number of hydrogen-bond acceptors (Lipinski definition) is 3. The quantitative estimate of drug-likeness (QED) is 0.853. The standard InChI is InChI=1S/C19H19N3O3/c1-2-14-8-10-15(11-9-14)20-17(23)12-22-18(24)13-21(19(22)25)16-6-4-3-5-7-16/h3-11H,2,12-13H2,1H3,(H,20,23). The van der Waals surface area contributed by atoms with Crippen LogP contribution in [0.2, 0.25) is 0 Å². The lowest BCUT2D eigenvalue weighted by atomic mass is 10.1. The minimum atomic E-state index is -0.479. The molecule has 6 nitrogen and oxygen atoms in total. The Morgan fingerprint density at radius 1 is 1.04 bits per heavy atom. The zero-order valence-electron chi connectivity index (χ0n) is 13.9. The summed E-state index contributed by atoms with van der Waals surface area (Å²) in [6.45, 7) is 1.70. The molecule has 3 rings (SSSR count). The number of rotatable bonds is 5. The first kappa shape index (κ1) is 16.7. The number of amides is 4. The summed E-state index contributed by atoms with van der Waals surface area (Å²) in [5, 5.41) is 2.71. The van der Waals surface area contributed by atoms with Crippen LogP contribution in [0.15, 0.2) is 54.6 Å². The predicted octanol–water partition coefficient (Wildman–Crippen LogP) is 2.66. The van der Waals surface area contributed by atoms with Crippen molar-refractivity contribution < 1.29 is 14.4 Å². The van der Waals surface area contributed by atoms with Gasteiger partial charge in [0, 0.05) is 11.4 Å². The number of urea groups is 1. The Morgan fingerprint density at radius 3 is 2.36 bits per heavy atom. The molecule has 0 spiro atoms. The van der Waals surface area contributed by atoms with Gasteiger partial charge in [0.05, 0.1) is 0 Å². The first-order valence-corrected chi connectivity index (χ1v) is 8.14. The number of benzene rings is 2. The van der Waals surface area contributed by atoms with E-state index in [1.807, 2.05) is 18.2 Å². The molecule has 0 aromatic heterocycles. The van der Waals surface area contributed by atoms with Crippen LogP contribution in [0.3, 0.4) is 0 Å². The van der Waals surface area contributed by atoms with Gasteiger partial charge in [-0.05, 0) is 36.2 Å². The Morgan fingerprint density at radius 2 is 1.72 bits per heavy atom. The summed E-state index contributed by atoms with van der Waals surface area (Å²) in [6.07, 6.45) is 0.917. The van der Waals surface area contributed by atoms with E-state index in [1.165, 1.54) is 10.5 Å². The van der Waals surface area contributed by atoms with Crippen molar-refractivity contribution >= 4 is 29.2 Å². The van der Waals surface area contributed by atoms with Gasteiger partial charge in [-0.3, -0.25) is 19.4 Å². The Hall–Kier alpha value is -3.15. The maximum absolute atomic E-state index is 12.4. The van der Waals surface area contributed by atoms with Crippen LogP contribution < -0.4 is 10.2 Å². The van der Waals surface area contributed by atoms with Crippen LogP contribution in [0.4, 0.5) is 16.2 Å². The molecule has 6 heteroatoms. The summed E-state index contributed by atoms with van der Waals surface area (Å²) in [7, 11) is 0. The van der Waals surface area contributed by atoms with Crippen molar-refractivity contribution in [3.63, 3.8) is 0 Å². The van der Waals surface area contributed by atoms with E-state index in [9.17, 15) is 14.4 Å². The van der Waals surface area contributed by atoms with E-state index in [-0.39, 0.29) is 19.0 Å². The van der Waals surface area contributed by atoms with Gasteiger partial charge in [0.1, 0.15) is 13.1 Å². The molecule has 0 atom stereocenters. The molecule has 25 heavy (non-hydrogen) atoms. The van der Waals surface area contributed by atoms with Gasteiger partial charge in [-0.2, -0.15) is 0 Å². The largest absolute Gasteiger partial charge is 0.332 e. The second-order valence-electron chi connectivity index (χ2n) is 5.78. The van der Waals surface area contributed by atoms with Crippen molar-refractivity contribution in [3.8, 4) is 0 Å². The Balaban J connectivity index is 1.64. The lowest BCUT2D eigenvalue weighted by Crippen LogP contribution is -2.39. The van der Waals surface area contributed by atoms with Gasteiger partial charge < -0.3 is 5.32 Å². The fraction of sp³-hybridized carbons (Fsp3) is 0.211. The van der Waals surface area contributed by atoms with Crippen LogP contribution in [-0.2, 0) is 16.0 Å². The molecule has 2 aromatic rings. The van der Waals surface area contributed by atoms with Gasteiger partial charge in [0.2, 0.25) is 5.91 Å². The van der Waals surface area contributed by atoms with E-state index < -0.39 is 11.9 Å². The molecule has 128 valence electrons. The van der Waals surface area contributed by atoms with Crippen LogP contribution in [0.1, 0.15) is 12.5 Å². The number of para-hydroxylation sites is 1. The molecule has 0 unspecified atom stereocenters. The lowest BCUT2D eigenvalue weighted by molar-refractivity contribution is -0.128. The van der Waals surface area contributed by atoms with Crippen molar-refractivity contribution in [2.24, 2.45) is 0 Å². The molecule has 1 heterocycles. The normalized spacial score (nSPS) is 14.1. The number of carbonyl (C=O) groups excluding carboxylic acids is 3. The molecular formula is C19H19N3O3. The number of nitrogens with zero attached hydrogens (tertiary/aromatic N) is 2.